The van der Waals surface area contributed by atoms with Gasteiger partial charge in [0.2, 0.25) is 5.91 Å². The van der Waals surface area contributed by atoms with Crippen LogP contribution in [0.25, 0.3) is 0 Å². The molecule has 3 rings (SSSR count). The number of ketones is 1. The van der Waals surface area contributed by atoms with Crippen LogP contribution in [0.5, 0.6) is 0 Å². The van der Waals surface area contributed by atoms with Crippen molar-refractivity contribution < 1.29 is 9.59 Å². The summed E-state index contributed by atoms with van der Waals surface area (Å²) in [5.74, 6) is -0.00600. The molecule has 1 unspecified atom stereocenters. The van der Waals surface area contributed by atoms with Gasteiger partial charge in [-0.05, 0) is 25.0 Å². The minimum Gasteiger partial charge on any atom is -0.333 e. The molecule has 5 nitrogen and oxygen atoms in total. The number of thiazole rings is 1. The molecular formula is C14H15N3O2S. The Kier molecular flexibility index (Phi) is 3.40. The predicted octanol–water partition coefficient (Wildman–Crippen LogP) is 2.66. The number of nitrogens with zero attached hydrogens (tertiary/aromatic N) is 2. The zero-order valence-electron chi connectivity index (χ0n) is 11.1. The van der Waals surface area contributed by atoms with Crippen LogP contribution in [0.2, 0.25) is 0 Å². The third-order valence-corrected chi connectivity index (χ3v) is 4.54. The lowest BCUT2D eigenvalue weighted by Crippen LogP contribution is -2.31. The van der Waals surface area contributed by atoms with E-state index in [1.54, 1.807) is 29.1 Å². The van der Waals surface area contributed by atoms with E-state index in [-0.39, 0.29) is 17.7 Å². The molecule has 1 atom stereocenters. The van der Waals surface area contributed by atoms with Crippen molar-refractivity contribution in [3.63, 3.8) is 0 Å². The molecule has 0 aromatic carbocycles. The number of nitrogens with one attached hydrogen (secondary N) is 1. The first-order chi connectivity index (χ1) is 9.69. The summed E-state index contributed by atoms with van der Waals surface area (Å²) in [5, 5.41) is 3.47. The first-order valence-electron chi connectivity index (χ1n) is 6.64. The Hall–Kier alpha value is -1.95. The zero-order chi connectivity index (χ0) is 14.1. The molecule has 3 heterocycles. The van der Waals surface area contributed by atoms with E-state index in [2.05, 4.69) is 17.2 Å². The maximum absolute atomic E-state index is 12.4. The Bertz CT molecular complexity index is 659. The minimum absolute atomic E-state index is 0.0987. The highest BCUT2D eigenvalue weighted by molar-refractivity contribution is 7.15. The molecule has 6 heteroatoms. The topological polar surface area (TPSA) is 64.0 Å². The summed E-state index contributed by atoms with van der Waals surface area (Å²) in [7, 11) is 0. The largest absolute Gasteiger partial charge is 0.333 e. The van der Waals surface area contributed by atoms with Crippen LogP contribution in [0.1, 0.15) is 41.2 Å². The molecule has 0 saturated heterocycles. The second-order valence-electron chi connectivity index (χ2n) is 4.75. The number of Topliss-reactive ketones (excluding diaryl/α,β-unsaturated/α-hetero) is 1. The fourth-order valence-corrected chi connectivity index (χ4v) is 3.17. The summed E-state index contributed by atoms with van der Waals surface area (Å²) < 4.78 is 1.76. The fourth-order valence-electron chi connectivity index (χ4n) is 2.41. The van der Waals surface area contributed by atoms with Crippen molar-refractivity contribution in [2.45, 2.75) is 32.2 Å². The minimum atomic E-state index is -0.327. The molecule has 0 bridgehead atoms. The van der Waals surface area contributed by atoms with Gasteiger partial charge in [-0.3, -0.25) is 9.59 Å². The molecule has 1 aliphatic rings. The van der Waals surface area contributed by atoms with Crippen molar-refractivity contribution in [3.05, 3.63) is 35.1 Å². The quantitative estimate of drug-likeness (QED) is 0.944. The Balaban J connectivity index is 1.78. The second-order valence-corrected chi connectivity index (χ2v) is 5.87. The lowest BCUT2D eigenvalue weighted by molar-refractivity contribution is -0.119. The number of aromatic nitrogens is 2. The van der Waals surface area contributed by atoms with E-state index in [1.807, 2.05) is 0 Å². The molecule has 0 spiro atoms. The van der Waals surface area contributed by atoms with Crippen molar-refractivity contribution in [3.8, 4) is 0 Å². The number of carbonyl (C=O) groups is 2. The van der Waals surface area contributed by atoms with Crippen molar-refractivity contribution in [2.24, 2.45) is 0 Å². The third-order valence-electron chi connectivity index (χ3n) is 3.48. The molecule has 0 saturated carbocycles. The first-order valence-corrected chi connectivity index (χ1v) is 7.46. The Morgan fingerprint density at radius 3 is 3.20 bits per heavy atom. The molecule has 0 fully saturated rings. The molecule has 20 heavy (non-hydrogen) atoms. The van der Waals surface area contributed by atoms with Gasteiger partial charge in [-0.25, -0.2) is 4.98 Å². The Morgan fingerprint density at radius 2 is 2.45 bits per heavy atom. The third kappa shape index (κ3) is 2.27. The average molecular weight is 289 g/mol. The lowest BCUT2D eigenvalue weighted by Gasteiger charge is -2.24. The SMILES string of the molecule is CCc1cnc(NC(=O)C2CCC(=O)c3cccn32)s1. The second kappa shape index (κ2) is 5.20. The smallest absolute Gasteiger partial charge is 0.249 e. The van der Waals surface area contributed by atoms with E-state index < -0.39 is 0 Å². The van der Waals surface area contributed by atoms with Gasteiger partial charge in [-0.1, -0.05) is 6.92 Å². The number of hydrogen-bond donors (Lipinski definition) is 1. The number of carbonyl (C=O) groups excluding carboxylic acids is 2. The van der Waals surface area contributed by atoms with Crippen molar-refractivity contribution >= 4 is 28.2 Å². The van der Waals surface area contributed by atoms with E-state index in [1.165, 1.54) is 11.3 Å². The monoisotopic (exact) mass is 289 g/mol. The van der Waals surface area contributed by atoms with Gasteiger partial charge in [-0.15, -0.1) is 11.3 Å². The predicted molar refractivity (Wildman–Crippen MR) is 77.2 cm³/mol. The number of aryl methyl sites for hydroxylation is 1. The normalized spacial score (nSPS) is 17.9. The molecule has 2 aromatic rings. The van der Waals surface area contributed by atoms with Crippen LogP contribution in [0, 0.1) is 0 Å². The number of amides is 1. The van der Waals surface area contributed by atoms with Gasteiger partial charge in [0, 0.05) is 23.7 Å². The van der Waals surface area contributed by atoms with E-state index in [4.69, 9.17) is 0 Å². The standard InChI is InChI=1S/C14H15N3O2S/c1-2-9-8-15-14(20-9)16-13(19)11-5-6-12(18)10-4-3-7-17(10)11/h3-4,7-8,11H,2,5-6H2,1H3,(H,15,16,19). The molecule has 0 radical (unpaired) electrons. The van der Waals surface area contributed by atoms with Gasteiger partial charge in [0.15, 0.2) is 10.9 Å². The van der Waals surface area contributed by atoms with Crippen molar-refractivity contribution in [2.75, 3.05) is 5.32 Å². The highest BCUT2D eigenvalue weighted by Gasteiger charge is 2.29. The van der Waals surface area contributed by atoms with Crippen LogP contribution in [0.3, 0.4) is 0 Å². The van der Waals surface area contributed by atoms with Crippen LogP contribution in [0.15, 0.2) is 24.5 Å². The van der Waals surface area contributed by atoms with Gasteiger partial charge >= 0.3 is 0 Å². The lowest BCUT2D eigenvalue weighted by atomic mass is 10.0. The van der Waals surface area contributed by atoms with E-state index in [0.29, 0.717) is 23.7 Å². The highest BCUT2D eigenvalue weighted by Crippen LogP contribution is 2.27. The summed E-state index contributed by atoms with van der Waals surface area (Å²) in [6.07, 6.45) is 5.44. The van der Waals surface area contributed by atoms with Crippen molar-refractivity contribution in [1.29, 1.82) is 0 Å². The maximum Gasteiger partial charge on any atom is 0.249 e. The van der Waals surface area contributed by atoms with Crippen LogP contribution < -0.4 is 5.32 Å². The zero-order valence-corrected chi connectivity index (χ0v) is 11.9. The highest BCUT2D eigenvalue weighted by atomic mass is 32.1. The van der Waals surface area contributed by atoms with Crippen LogP contribution in [-0.4, -0.2) is 21.2 Å². The molecule has 1 N–H and O–H groups in total. The first kappa shape index (κ1) is 13.1. The number of anilines is 1. The molecule has 104 valence electrons. The Labute approximate surface area is 120 Å². The maximum atomic E-state index is 12.4. The van der Waals surface area contributed by atoms with Crippen molar-refractivity contribution in [1.82, 2.24) is 9.55 Å². The van der Waals surface area contributed by atoms with E-state index in [0.717, 1.165) is 11.3 Å². The molecule has 0 aliphatic carbocycles. The summed E-state index contributed by atoms with van der Waals surface area (Å²) in [4.78, 5) is 29.4. The number of rotatable bonds is 3. The Morgan fingerprint density at radius 1 is 1.60 bits per heavy atom. The molecular weight excluding hydrogens is 274 g/mol. The summed E-state index contributed by atoms with van der Waals surface area (Å²) in [6, 6.07) is 3.24. The van der Waals surface area contributed by atoms with Gasteiger partial charge in [-0.2, -0.15) is 0 Å². The van der Waals surface area contributed by atoms with Gasteiger partial charge in [0.05, 0.1) is 5.69 Å². The van der Waals surface area contributed by atoms with Crippen LogP contribution in [0.4, 0.5) is 5.13 Å². The van der Waals surface area contributed by atoms with Crippen LogP contribution >= 0.6 is 11.3 Å². The van der Waals surface area contributed by atoms with Gasteiger partial charge in [0.25, 0.3) is 0 Å². The summed E-state index contributed by atoms with van der Waals surface area (Å²) in [6.45, 7) is 2.05. The average Bonchev–Trinajstić information content (AvgIpc) is 3.08. The number of fused-ring (bicyclic) bond motifs is 1. The van der Waals surface area contributed by atoms with Gasteiger partial charge < -0.3 is 9.88 Å². The summed E-state index contributed by atoms with van der Waals surface area (Å²) in [5.41, 5.74) is 0.616. The summed E-state index contributed by atoms with van der Waals surface area (Å²) >= 11 is 1.49. The fraction of sp³-hybridized carbons (Fsp3) is 0.357. The van der Waals surface area contributed by atoms with Crippen LogP contribution in [-0.2, 0) is 11.2 Å². The van der Waals surface area contributed by atoms with Gasteiger partial charge in [0.1, 0.15) is 6.04 Å². The van der Waals surface area contributed by atoms with E-state index >= 15 is 0 Å². The molecule has 1 amide bonds. The molecule has 1 aliphatic heterocycles. The molecule has 2 aromatic heterocycles. The number of hydrogen-bond acceptors (Lipinski definition) is 4. The van der Waals surface area contributed by atoms with E-state index in [9.17, 15) is 9.59 Å².